The molecule has 0 aromatic heterocycles. The van der Waals surface area contributed by atoms with E-state index in [1.165, 1.54) is 0 Å². The van der Waals surface area contributed by atoms with Crippen LogP contribution in [0, 0.1) is 0 Å². The standard InChI is InChI=1S/C14H13Br2NO2/c15-12-2-1-3-13(16)14(12)19-9-8-18-11-6-4-10(17)5-7-11/h1-7H,8-9,17H2. The Morgan fingerprint density at radius 2 is 1.42 bits per heavy atom. The highest BCUT2D eigenvalue weighted by Gasteiger charge is 2.05. The van der Waals surface area contributed by atoms with Crippen molar-refractivity contribution in [3.05, 3.63) is 51.4 Å². The number of benzene rings is 2. The molecule has 2 rings (SSSR count). The molecule has 0 fully saturated rings. The molecule has 0 saturated carbocycles. The third kappa shape index (κ3) is 4.14. The van der Waals surface area contributed by atoms with Crippen LogP contribution < -0.4 is 15.2 Å². The predicted octanol–water partition coefficient (Wildman–Crippen LogP) is 4.25. The first-order valence-electron chi connectivity index (χ1n) is 5.72. The first kappa shape index (κ1) is 14.2. The monoisotopic (exact) mass is 385 g/mol. The van der Waals surface area contributed by atoms with Crippen molar-refractivity contribution in [2.24, 2.45) is 0 Å². The van der Waals surface area contributed by atoms with E-state index in [1.54, 1.807) is 12.1 Å². The van der Waals surface area contributed by atoms with Gasteiger partial charge in [-0.3, -0.25) is 0 Å². The number of anilines is 1. The van der Waals surface area contributed by atoms with Crippen molar-refractivity contribution in [2.45, 2.75) is 0 Å². The van der Waals surface area contributed by atoms with Gasteiger partial charge >= 0.3 is 0 Å². The van der Waals surface area contributed by atoms with Crippen molar-refractivity contribution in [3.63, 3.8) is 0 Å². The second-order valence-corrected chi connectivity index (χ2v) is 5.53. The number of nitrogens with two attached hydrogens (primary N) is 1. The lowest BCUT2D eigenvalue weighted by Gasteiger charge is -2.11. The molecule has 0 unspecified atom stereocenters. The Hall–Kier alpha value is -1.20. The maximum atomic E-state index is 5.67. The van der Waals surface area contributed by atoms with E-state index in [-0.39, 0.29) is 0 Å². The van der Waals surface area contributed by atoms with Crippen LogP contribution in [0.1, 0.15) is 0 Å². The van der Waals surface area contributed by atoms with E-state index >= 15 is 0 Å². The minimum absolute atomic E-state index is 0.464. The summed E-state index contributed by atoms with van der Waals surface area (Å²) in [7, 11) is 0. The van der Waals surface area contributed by atoms with Crippen LogP contribution in [0.25, 0.3) is 0 Å². The fourth-order valence-corrected chi connectivity index (χ4v) is 2.72. The van der Waals surface area contributed by atoms with Crippen LogP contribution in [-0.2, 0) is 0 Å². The third-order valence-corrected chi connectivity index (χ3v) is 3.65. The summed E-state index contributed by atoms with van der Waals surface area (Å²) in [6, 6.07) is 13.1. The molecule has 0 aliphatic heterocycles. The first-order valence-corrected chi connectivity index (χ1v) is 7.30. The molecular weight excluding hydrogens is 374 g/mol. The zero-order chi connectivity index (χ0) is 13.7. The van der Waals surface area contributed by atoms with Gasteiger partial charge in [0.15, 0.2) is 0 Å². The second kappa shape index (κ2) is 6.82. The van der Waals surface area contributed by atoms with E-state index in [2.05, 4.69) is 31.9 Å². The predicted molar refractivity (Wildman–Crippen MR) is 83.7 cm³/mol. The molecule has 0 bridgehead atoms. The SMILES string of the molecule is Nc1ccc(OCCOc2c(Br)cccc2Br)cc1. The van der Waals surface area contributed by atoms with Crippen molar-refractivity contribution < 1.29 is 9.47 Å². The van der Waals surface area contributed by atoms with Gasteiger partial charge in [0.2, 0.25) is 0 Å². The fourth-order valence-electron chi connectivity index (χ4n) is 1.49. The molecular formula is C14H13Br2NO2. The molecule has 19 heavy (non-hydrogen) atoms. The lowest BCUT2D eigenvalue weighted by molar-refractivity contribution is 0.215. The molecule has 0 atom stereocenters. The molecule has 3 nitrogen and oxygen atoms in total. The van der Waals surface area contributed by atoms with Gasteiger partial charge in [-0.15, -0.1) is 0 Å². The molecule has 5 heteroatoms. The minimum Gasteiger partial charge on any atom is -0.490 e. The lowest BCUT2D eigenvalue weighted by atomic mass is 10.3. The second-order valence-electron chi connectivity index (χ2n) is 3.82. The Kier molecular flexibility index (Phi) is 5.10. The van der Waals surface area contributed by atoms with Crippen LogP contribution in [0.3, 0.4) is 0 Å². The Balaban J connectivity index is 1.82. The number of nitrogen functional groups attached to an aromatic ring is 1. The summed E-state index contributed by atoms with van der Waals surface area (Å²) in [5.41, 5.74) is 6.32. The Bertz CT molecular complexity index is 523. The number of hydrogen-bond acceptors (Lipinski definition) is 3. The van der Waals surface area contributed by atoms with Crippen molar-refractivity contribution in [1.82, 2.24) is 0 Å². The van der Waals surface area contributed by atoms with Crippen molar-refractivity contribution in [2.75, 3.05) is 18.9 Å². The highest BCUT2D eigenvalue weighted by Crippen LogP contribution is 2.32. The van der Waals surface area contributed by atoms with E-state index in [0.29, 0.717) is 13.2 Å². The number of para-hydroxylation sites is 1. The van der Waals surface area contributed by atoms with Gasteiger partial charge in [0.05, 0.1) is 8.95 Å². The van der Waals surface area contributed by atoms with E-state index in [9.17, 15) is 0 Å². The third-order valence-electron chi connectivity index (χ3n) is 2.40. The summed E-state index contributed by atoms with van der Waals surface area (Å²) >= 11 is 6.88. The van der Waals surface area contributed by atoms with E-state index < -0.39 is 0 Å². The summed E-state index contributed by atoms with van der Waals surface area (Å²) < 4.78 is 13.0. The van der Waals surface area contributed by atoms with E-state index in [4.69, 9.17) is 15.2 Å². The molecule has 0 spiro atoms. The van der Waals surface area contributed by atoms with Gasteiger partial charge in [0.1, 0.15) is 24.7 Å². The number of ether oxygens (including phenoxy) is 2. The van der Waals surface area contributed by atoms with E-state index in [1.807, 2.05) is 30.3 Å². The molecule has 2 N–H and O–H groups in total. The topological polar surface area (TPSA) is 44.5 Å². The van der Waals surface area contributed by atoms with Crippen LogP contribution in [0.4, 0.5) is 5.69 Å². The van der Waals surface area contributed by atoms with Gasteiger partial charge in [-0.05, 0) is 68.3 Å². The molecule has 0 amide bonds. The molecule has 0 aliphatic carbocycles. The van der Waals surface area contributed by atoms with Crippen LogP contribution in [-0.4, -0.2) is 13.2 Å². The van der Waals surface area contributed by atoms with Gasteiger partial charge in [-0.2, -0.15) is 0 Å². The molecule has 0 heterocycles. The quantitative estimate of drug-likeness (QED) is 0.617. The maximum Gasteiger partial charge on any atom is 0.147 e. The Morgan fingerprint density at radius 1 is 0.842 bits per heavy atom. The van der Waals surface area contributed by atoms with E-state index in [0.717, 1.165) is 26.1 Å². The largest absolute Gasteiger partial charge is 0.490 e. The molecule has 2 aromatic rings. The molecule has 0 saturated heterocycles. The Labute approximate surface area is 129 Å². The Morgan fingerprint density at radius 3 is 2.05 bits per heavy atom. The number of halogens is 2. The summed E-state index contributed by atoms with van der Waals surface area (Å²) in [5, 5.41) is 0. The first-order chi connectivity index (χ1) is 9.16. The van der Waals surface area contributed by atoms with Crippen LogP contribution in [0.15, 0.2) is 51.4 Å². The van der Waals surface area contributed by atoms with Gasteiger partial charge < -0.3 is 15.2 Å². The summed E-state index contributed by atoms with van der Waals surface area (Å²) in [5.74, 6) is 1.56. The zero-order valence-corrected chi connectivity index (χ0v) is 13.3. The highest BCUT2D eigenvalue weighted by atomic mass is 79.9. The maximum absolute atomic E-state index is 5.67. The van der Waals surface area contributed by atoms with Gasteiger partial charge in [-0.25, -0.2) is 0 Å². The van der Waals surface area contributed by atoms with Crippen LogP contribution in [0.5, 0.6) is 11.5 Å². The summed E-state index contributed by atoms with van der Waals surface area (Å²) in [6.45, 7) is 0.934. The number of hydrogen-bond donors (Lipinski definition) is 1. The van der Waals surface area contributed by atoms with Gasteiger partial charge in [-0.1, -0.05) is 6.07 Å². The van der Waals surface area contributed by atoms with Gasteiger partial charge in [0, 0.05) is 5.69 Å². The minimum atomic E-state index is 0.464. The zero-order valence-electron chi connectivity index (χ0n) is 10.1. The highest BCUT2D eigenvalue weighted by molar-refractivity contribution is 9.11. The number of rotatable bonds is 5. The smallest absolute Gasteiger partial charge is 0.147 e. The molecule has 100 valence electrons. The molecule has 0 radical (unpaired) electrons. The lowest BCUT2D eigenvalue weighted by Crippen LogP contribution is -2.09. The van der Waals surface area contributed by atoms with Crippen LogP contribution >= 0.6 is 31.9 Å². The summed E-state index contributed by atoms with van der Waals surface area (Å²) in [6.07, 6.45) is 0. The van der Waals surface area contributed by atoms with Crippen LogP contribution in [0.2, 0.25) is 0 Å². The van der Waals surface area contributed by atoms with Gasteiger partial charge in [0.25, 0.3) is 0 Å². The average molecular weight is 387 g/mol. The molecule has 2 aromatic carbocycles. The fraction of sp³-hybridized carbons (Fsp3) is 0.143. The van der Waals surface area contributed by atoms with Crippen molar-refractivity contribution >= 4 is 37.5 Å². The van der Waals surface area contributed by atoms with Crippen molar-refractivity contribution in [3.8, 4) is 11.5 Å². The summed E-state index contributed by atoms with van der Waals surface area (Å²) in [4.78, 5) is 0. The molecule has 0 aliphatic rings. The average Bonchev–Trinajstić information content (AvgIpc) is 2.39. The normalized spacial score (nSPS) is 10.2. The van der Waals surface area contributed by atoms with Crippen molar-refractivity contribution in [1.29, 1.82) is 0 Å².